The molecule has 0 unspecified atom stereocenters. The van der Waals surface area contributed by atoms with Crippen LogP contribution in [0, 0.1) is 6.92 Å². The van der Waals surface area contributed by atoms with E-state index in [9.17, 15) is 18.0 Å². The van der Waals surface area contributed by atoms with E-state index in [1.165, 1.54) is 0 Å². The Hall–Kier alpha value is -2.67. The van der Waals surface area contributed by atoms with Crippen LogP contribution in [0.25, 0.3) is 0 Å². The van der Waals surface area contributed by atoms with Crippen LogP contribution in [0.3, 0.4) is 0 Å². The number of amides is 1. The van der Waals surface area contributed by atoms with E-state index >= 15 is 0 Å². The zero-order chi connectivity index (χ0) is 19.2. The third-order valence-corrected chi connectivity index (χ3v) is 5.08. The maximum absolute atomic E-state index is 12.1. The molecule has 0 aromatic heterocycles. The number of ketones is 1. The average Bonchev–Trinajstić information content (AvgIpc) is 2.62. The number of aryl methyl sites for hydroxylation is 1. The lowest BCUT2D eigenvalue weighted by Gasteiger charge is -2.08. The van der Waals surface area contributed by atoms with Crippen molar-refractivity contribution >= 4 is 33.1 Å². The fourth-order valence-electron chi connectivity index (χ4n) is 2.21. The van der Waals surface area contributed by atoms with Gasteiger partial charge in [-0.05, 0) is 38.1 Å². The van der Waals surface area contributed by atoms with E-state index in [1.54, 1.807) is 43.3 Å². The Morgan fingerprint density at radius 2 is 1.46 bits per heavy atom. The third kappa shape index (κ3) is 6.00. The van der Waals surface area contributed by atoms with Crippen LogP contribution in [-0.2, 0) is 14.8 Å². The first-order valence-corrected chi connectivity index (χ1v) is 9.94. The molecule has 0 bridgehead atoms. The molecule has 0 spiro atoms. The summed E-state index contributed by atoms with van der Waals surface area (Å²) in [6, 6.07) is 13.6. The van der Waals surface area contributed by atoms with Gasteiger partial charge in [0.25, 0.3) is 0 Å². The van der Waals surface area contributed by atoms with Gasteiger partial charge >= 0.3 is 0 Å². The predicted octanol–water partition coefficient (Wildman–Crippen LogP) is 3.36. The molecule has 0 saturated carbocycles. The average molecular weight is 374 g/mol. The molecule has 0 atom stereocenters. The molecule has 26 heavy (non-hydrogen) atoms. The standard InChI is InChI=1S/C19H22N2O4S/c1-3-26(24,25)21-17-10-8-16(9-11-17)20-19(23)13-12-18(22)15-6-4-14(2)5-7-15/h4-11,21H,3,12-13H2,1-2H3,(H,20,23). The third-order valence-electron chi connectivity index (χ3n) is 3.77. The van der Waals surface area contributed by atoms with E-state index < -0.39 is 10.0 Å². The van der Waals surface area contributed by atoms with Crippen LogP contribution in [0.4, 0.5) is 11.4 Å². The second kappa shape index (κ2) is 8.62. The van der Waals surface area contributed by atoms with Crippen molar-refractivity contribution in [2.75, 3.05) is 15.8 Å². The summed E-state index contributed by atoms with van der Waals surface area (Å²) in [5, 5.41) is 2.69. The van der Waals surface area contributed by atoms with E-state index in [-0.39, 0.29) is 30.3 Å². The van der Waals surface area contributed by atoms with Crippen LogP contribution in [0.5, 0.6) is 0 Å². The van der Waals surface area contributed by atoms with Gasteiger partial charge in [-0.25, -0.2) is 8.42 Å². The van der Waals surface area contributed by atoms with Crippen LogP contribution in [0.15, 0.2) is 48.5 Å². The minimum Gasteiger partial charge on any atom is -0.326 e. The molecule has 0 heterocycles. The predicted molar refractivity (Wildman–Crippen MR) is 103 cm³/mol. The van der Waals surface area contributed by atoms with Crippen molar-refractivity contribution in [2.24, 2.45) is 0 Å². The van der Waals surface area contributed by atoms with Gasteiger partial charge in [0.15, 0.2) is 5.78 Å². The second-order valence-corrected chi connectivity index (χ2v) is 7.93. The first kappa shape index (κ1) is 19.7. The molecular weight excluding hydrogens is 352 g/mol. The zero-order valence-corrected chi connectivity index (χ0v) is 15.6. The molecular formula is C19H22N2O4S. The number of carbonyl (C=O) groups is 2. The van der Waals surface area contributed by atoms with Gasteiger partial charge in [-0.15, -0.1) is 0 Å². The molecule has 2 N–H and O–H groups in total. The minimum atomic E-state index is -3.33. The normalized spacial score (nSPS) is 11.0. The number of nitrogens with one attached hydrogen (secondary N) is 2. The Balaban J connectivity index is 1.85. The molecule has 1 amide bonds. The van der Waals surface area contributed by atoms with Gasteiger partial charge < -0.3 is 5.32 Å². The van der Waals surface area contributed by atoms with Gasteiger partial charge in [0.1, 0.15) is 0 Å². The molecule has 0 aliphatic heterocycles. The van der Waals surface area contributed by atoms with E-state index in [1.807, 2.05) is 19.1 Å². The topological polar surface area (TPSA) is 92.3 Å². The zero-order valence-electron chi connectivity index (χ0n) is 14.8. The highest BCUT2D eigenvalue weighted by atomic mass is 32.2. The van der Waals surface area contributed by atoms with Gasteiger partial charge in [-0.1, -0.05) is 29.8 Å². The quantitative estimate of drug-likeness (QED) is 0.693. The van der Waals surface area contributed by atoms with Gasteiger partial charge in [-0.2, -0.15) is 0 Å². The number of Topliss-reactive ketones (excluding diaryl/α,β-unsaturated/α-hetero) is 1. The summed E-state index contributed by atoms with van der Waals surface area (Å²) in [6.07, 6.45) is 0.209. The van der Waals surface area contributed by atoms with Crippen molar-refractivity contribution in [3.8, 4) is 0 Å². The summed E-state index contributed by atoms with van der Waals surface area (Å²) in [7, 11) is -3.33. The Morgan fingerprint density at radius 1 is 0.885 bits per heavy atom. The molecule has 138 valence electrons. The first-order chi connectivity index (χ1) is 12.3. The Morgan fingerprint density at radius 3 is 2.04 bits per heavy atom. The maximum Gasteiger partial charge on any atom is 0.232 e. The second-order valence-electron chi connectivity index (χ2n) is 5.92. The lowest BCUT2D eigenvalue weighted by Crippen LogP contribution is -2.15. The summed E-state index contributed by atoms with van der Waals surface area (Å²) >= 11 is 0. The largest absolute Gasteiger partial charge is 0.326 e. The van der Waals surface area contributed by atoms with Crippen LogP contribution in [0.2, 0.25) is 0 Å². The molecule has 0 aliphatic rings. The fourth-order valence-corrected chi connectivity index (χ4v) is 2.85. The van der Waals surface area contributed by atoms with Gasteiger partial charge in [0, 0.05) is 29.8 Å². The molecule has 0 fully saturated rings. The lowest BCUT2D eigenvalue weighted by molar-refractivity contribution is -0.116. The lowest BCUT2D eigenvalue weighted by atomic mass is 10.0. The van der Waals surface area contributed by atoms with Gasteiger partial charge in [-0.3, -0.25) is 14.3 Å². The Kier molecular flexibility index (Phi) is 6.52. The highest BCUT2D eigenvalue weighted by Crippen LogP contribution is 2.15. The highest BCUT2D eigenvalue weighted by molar-refractivity contribution is 7.92. The number of hydrogen-bond donors (Lipinski definition) is 2. The maximum atomic E-state index is 12.1. The van der Waals surface area contributed by atoms with Crippen molar-refractivity contribution in [3.05, 3.63) is 59.7 Å². The van der Waals surface area contributed by atoms with Crippen molar-refractivity contribution in [2.45, 2.75) is 26.7 Å². The monoisotopic (exact) mass is 374 g/mol. The number of hydrogen-bond acceptors (Lipinski definition) is 4. The summed E-state index contributed by atoms with van der Waals surface area (Å²) in [4.78, 5) is 24.1. The van der Waals surface area contributed by atoms with Crippen molar-refractivity contribution < 1.29 is 18.0 Å². The fraction of sp³-hybridized carbons (Fsp3) is 0.263. The molecule has 2 rings (SSSR count). The summed E-state index contributed by atoms with van der Waals surface area (Å²) in [6.45, 7) is 3.50. The molecule has 7 heteroatoms. The number of sulfonamides is 1. The summed E-state index contributed by atoms with van der Waals surface area (Å²) < 4.78 is 25.4. The van der Waals surface area contributed by atoms with Crippen LogP contribution in [0.1, 0.15) is 35.7 Å². The first-order valence-electron chi connectivity index (χ1n) is 8.29. The van der Waals surface area contributed by atoms with Crippen LogP contribution < -0.4 is 10.0 Å². The van der Waals surface area contributed by atoms with E-state index in [4.69, 9.17) is 0 Å². The SMILES string of the molecule is CCS(=O)(=O)Nc1ccc(NC(=O)CCC(=O)c2ccc(C)cc2)cc1. The van der Waals surface area contributed by atoms with Crippen molar-refractivity contribution in [1.82, 2.24) is 0 Å². The Bertz CT molecular complexity index is 873. The van der Waals surface area contributed by atoms with E-state index in [2.05, 4.69) is 10.0 Å². The van der Waals surface area contributed by atoms with E-state index in [0.717, 1.165) is 5.56 Å². The van der Waals surface area contributed by atoms with Crippen molar-refractivity contribution in [1.29, 1.82) is 0 Å². The number of benzene rings is 2. The van der Waals surface area contributed by atoms with Crippen LogP contribution >= 0.6 is 0 Å². The Labute approximate surface area is 153 Å². The smallest absolute Gasteiger partial charge is 0.232 e. The molecule has 0 saturated heterocycles. The van der Waals surface area contributed by atoms with Gasteiger partial charge in [0.2, 0.25) is 15.9 Å². The van der Waals surface area contributed by atoms with Crippen LogP contribution in [-0.4, -0.2) is 25.9 Å². The number of anilines is 2. The van der Waals surface area contributed by atoms with E-state index in [0.29, 0.717) is 16.9 Å². The number of rotatable bonds is 8. The minimum absolute atomic E-state index is 0.0134. The van der Waals surface area contributed by atoms with Gasteiger partial charge in [0.05, 0.1) is 5.75 Å². The molecule has 2 aromatic rings. The molecule has 0 aliphatic carbocycles. The van der Waals surface area contributed by atoms with Crippen molar-refractivity contribution in [3.63, 3.8) is 0 Å². The summed E-state index contributed by atoms with van der Waals surface area (Å²) in [5.41, 5.74) is 2.64. The summed E-state index contributed by atoms with van der Waals surface area (Å²) in [5.74, 6) is -0.364. The number of carbonyl (C=O) groups excluding carboxylic acids is 2. The molecule has 6 nitrogen and oxygen atoms in total. The molecule has 0 radical (unpaired) electrons. The molecule has 2 aromatic carbocycles. The highest BCUT2D eigenvalue weighted by Gasteiger charge is 2.10.